The monoisotopic (exact) mass is 552 g/mol. The van der Waals surface area contributed by atoms with Gasteiger partial charge in [0, 0.05) is 12.5 Å². The summed E-state index contributed by atoms with van der Waals surface area (Å²) in [5.41, 5.74) is -2.18. The Bertz CT molecular complexity index is 1320. The van der Waals surface area contributed by atoms with Crippen molar-refractivity contribution in [2.45, 2.75) is 11.8 Å². The van der Waals surface area contributed by atoms with Crippen molar-refractivity contribution in [2.24, 2.45) is 0 Å². The Morgan fingerprint density at radius 1 is 0.784 bits per heavy atom. The van der Waals surface area contributed by atoms with Gasteiger partial charge in [-0.25, -0.2) is 22.0 Å². The molecule has 1 atom stereocenters. The maximum absolute atomic E-state index is 12.8. The van der Waals surface area contributed by atoms with E-state index >= 15 is 0 Å². The first-order valence-electron chi connectivity index (χ1n) is 10.1. The minimum atomic E-state index is -6.30. The molecule has 0 bridgehead atoms. The molecule has 37 heavy (non-hydrogen) atoms. The summed E-state index contributed by atoms with van der Waals surface area (Å²) >= 11 is 0. The van der Waals surface area contributed by atoms with Crippen LogP contribution < -0.4 is 10.2 Å². The number of hydrogen-bond acceptors (Lipinski definition) is 4. The predicted octanol–water partition coefficient (Wildman–Crippen LogP) is 5.42. The highest BCUT2D eigenvalue weighted by Crippen LogP contribution is 2.23. The van der Waals surface area contributed by atoms with Crippen LogP contribution in [0.1, 0.15) is 17.3 Å². The van der Waals surface area contributed by atoms with E-state index in [9.17, 15) is 48.7 Å². The van der Waals surface area contributed by atoms with Gasteiger partial charge < -0.3 is 17.7 Å². The molecule has 0 aliphatic rings. The summed E-state index contributed by atoms with van der Waals surface area (Å²) in [6, 6.07) is 15.2. The summed E-state index contributed by atoms with van der Waals surface area (Å²) in [7, 11) is -2.49. The molecule has 0 aliphatic heterocycles. The van der Waals surface area contributed by atoms with E-state index in [0.29, 0.717) is 16.2 Å². The minimum Gasteiger partial charge on any atom is -0.445 e. The maximum Gasteiger partial charge on any atom is 0.515 e. The van der Waals surface area contributed by atoms with Crippen LogP contribution in [0, 0.1) is 29.1 Å². The summed E-state index contributed by atoms with van der Waals surface area (Å²) in [4.78, 5) is 23.6. The SMILES string of the molecule is CC(=O)Oc1ccc([S+](C)(=O)CC(=O)c2ccccc2)cc1.Fc1c(F)c(F)c([B-](F)(F)F)c(F)c1F. The van der Waals surface area contributed by atoms with Crippen LogP contribution in [0.5, 0.6) is 5.75 Å². The van der Waals surface area contributed by atoms with Crippen molar-refractivity contribution < 1.29 is 53.4 Å². The number of carbonyl (C=O) groups is 2. The molecule has 0 amide bonds. The first-order valence-corrected chi connectivity index (χ1v) is 12.2. The number of ketones is 1. The summed E-state index contributed by atoms with van der Waals surface area (Å²) in [5.74, 6) is -13.8. The van der Waals surface area contributed by atoms with Gasteiger partial charge in [-0.3, -0.25) is 9.59 Å². The molecule has 3 rings (SSSR count). The molecule has 0 aromatic heterocycles. The molecule has 1 unspecified atom stereocenters. The summed E-state index contributed by atoms with van der Waals surface area (Å²) in [6.45, 7) is -4.99. The van der Waals surface area contributed by atoms with Crippen molar-refractivity contribution in [3.63, 3.8) is 0 Å². The fraction of sp³-hybridized carbons (Fsp3) is 0.130. The van der Waals surface area contributed by atoms with Crippen LogP contribution in [0.2, 0.25) is 0 Å². The second-order valence-corrected chi connectivity index (χ2v) is 10.3. The van der Waals surface area contributed by atoms with Crippen LogP contribution in [0.25, 0.3) is 0 Å². The van der Waals surface area contributed by atoms with E-state index in [-0.39, 0.29) is 11.5 Å². The van der Waals surface area contributed by atoms with E-state index in [2.05, 4.69) is 0 Å². The van der Waals surface area contributed by atoms with Crippen molar-refractivity contribution in [1.82, 2.24) is 0 Å². The van der Waals surface area contributed by atoms with E-state index in [1.807, 2.05) is 6.07 Å². The second-order valence-electron chi connectivity index (χ2n) is 7.56. The topological polar surface area (TPSA) is 60.4 Å². The van der Waals surface area contributed by atoms with Gasteiger partial charge in [0.1, 0.15) is 33.6 Å². The van der Waals surface area contributed by atoms with Gasteiger partial charge in [0.15, 0.2) is 28.1 Å². The van der Waals surface area contributed by atoms with Crippen LogP contribution in [0.4, 0.5) is 34.9 Å². The van der Waals surface area contributed by atoms with Gasteiger partial charge in [0.05, 0.1) is 0 Å². The zero-order valence-electron chi connectivity index (χ0n) is 19.0. The predicted molar refractivity (Wildman–Crippen MR) is 121 cm³/mol. The molecule has 0 saturated carbocycles. The van der Waals surface area contributed by atoms with Crippen molar-refractivity contribution in [3.05, 3.63) is 89.2 Å². The molecule has 0 spiro atoms. The van der Waals surface area contributed by atoms with Gasteiger partial charge in [0.25, 0.3) is 0 Å². The molecule has 3 aromatic rings. The van der Waals surface area contributed by atoms with Crippen molar-refractivity contribution >= 4 is 34.1 Å². The first-order chi connectivity index (χ1) is 17.1. The third-order valence-corrected chi connectivity index (χ3v) is 6.74. The lowest BCUT2D eigenvalue weighted by Crippen LogP contribution is -2.41. The second kappa shape index (κ2) is 11.7. The average Bonchev–Trinajstić information content (AvgIpc) is 2.81. The molecule has 4 nitrogen and oxygen atoms in total. The molecule has 3 aromatic carbocycles. The number of Topliss-reactive ketones (excluding diaryl/α,β-unsaturated/α-hetero) is 1. The lowest BCUT2D eigenvalue weighted by Gasteiger charge is -2.17. The molecule has 0 radical (unpaired) electrons. The van der Waals surface area contributed by atoms with Crippen molar-refractivity contribution in [3.8, 4) is 5.75 Å². The molecule has 0 aliphatic carbocycles. The van der Waals surface area contributed by atoms with Crippen LogP contribution in [-0.2, 0) is 18.9 Å². The number of halogens is 8. The molecule has 198 valence electrons. The number of benzene rings is 3. The third kappa shape index (κ3) is 7.48. The van der Waals surface area contributed by atoms with E-state index < -0.39 is 57.4 Å². The van der Waals surface area contributed by atoms with Crippen molar-refractivity contribution in [1.29, 1.82) is 0 Å². The zero-order chi connectivity index (χ0) is 28.1. The average molecular weight is 552 g/mol. The van der Waals surface area contributed by atoms with Crippen LogP contribution in [-0.4, -0.2) is 30.7 Å². The number of hydrogen-bond donors (Lipinski definition) is 0. The molecule has 0 saturated heterocycles. The van der Waals surface area contributed by atoms with Crippen LogP contribution in [0.3, 0.4) is 0 Å². The fourth-order valence-electron chi connectivity index (χ4n) is 2.91. The molecular weight excluding hydrogens is 535 g/mol. The number of rotatable bonds is 6. The van der Waals surface area contributed by atoms with Gasteiger partial charge in [-0.2, -0.15) is 0 Å². The quantitative estimate of drug-likeness (QED) is 0.0600. The largest absolute Gasteiger partial charge is 0.515 e. The number of esters is 1. The standard InChI is InChI=1S/C17H17O4S.C6BF8/c1-13(18)21-15-8-10-16(11-9-15)22(2,20)12-17(19)14-6-4-3-5-7-14;8-2-1(7(13,14)15)3(9)5(11)6(12)4(2)10/h3-11H,12H2,1-2H3;/q+1;-1. The highest BCUT2D eigenvalue weighted by atomic mass is 32.2. The number of carbonyl (C=O) groups excluding carboxylic acids is 2. The first kappa shape index (κ1) is 29.7. The van der Waals surface area contributed by atoms with Gasteiger partial charge in [-0.1, -0.05) is 34.5 Å². The Balaban J connectivity index is 0.000000281. The summed E-state index contributed by atoms with van der Waals surface area (Å²) in [5, 5.41) is 0. The maximum atomic E-state index is 12.8. The van der Waals surface area contributed by atoms with E-state index in [1.54, 1.807) is 54.8 Å². The zero-order valence-corrected chi connectivity index (χ0v) is 19.9. The van der Waals surface area contributed by atoms with Gasteiger partial charge in [-0.15, -0.1) is 0 Å². The van der Waals surface area contributed by atoms with E-state index in [1.165, 1.54) is 6.92 Å². The fourth-order valence-corrected chi connectivity index (χ4v) is 4.46. The number of ether oxygens (including phenoxy) is 1. The van der Waals surface area contributed by atoms with E-state index in [0.717, 1.165) is 0 Å². The summed E-state index contributed by atoms with van der Waals surface area (Å²) in [6.07, 6.45) is 1.56. The lowest BCUT2D eigenvalue weighted by molar-refractivity contribution is -0.131. The molecule has 0 heterocycles. The molecule has 14 heteroatoms. The third-order valence-electron chi connectivity index (χ3n) is 4.66. The van der Waals surface area contributed by atoms with Crippen LogP contribution in [0.15, 0.2) is 59.5 Å². The normalized spacial score (nSPS) is 12.7. The van der Waals surface area contributed by atoms with Gasteiger partial charge in [-0.05, 0) is 29.7 Å². The smallest absolute Gasteiger partial charge is 0.445 e. The van der Waals surface area contributed by atoms with Crippen molar-refractivity contribution in [2.75, 3.05) is 12.0 Å². The van der Waals surface area contributed by atoms with Crippen LogP contribution >= 0.6 is 0 Å². The Morgan fingerprint density at radius 2 is 1.24 bits per heavy atom. The summed E-state index contributed by atoms with van der Waals surface area (Å²) < 4.78 is 115. The lowest BCUT2D eigenvalue weighted by atomic mass is 9.79. The molecular formula is C23H17BF8O4S. The Kier molecular flexibility index (Phi) is 9.36. The Morgan fingerprint density at radius 3 is 1.68 bits per heavy atom. The Hall–Kier alpha value is -3.55. The Labute approximate surface area is 206 Å². The minimum absolute atomic E-state index is 0.0517. The highest BCUT2D eigenvalue weighted by molar-refractivity contribution is 8.03. The molecule has 0 N–H and O–H groups in total. The molecule has 0 fully saturated rings. The van der Waals surface area contributed by atoms with E-state index in [4.69, 9.17) is 4.74 Å². The van der Waals surface area contributed by atoms with Gasteiger partial charge in [0.2, 0.25) is 5.78 Å². The highest BCUT2D eigenvalue weighted by Gasteiger charge is 2.38. The van der Waals surface area contributed by atoms with Gasteiger partial charge >= 0.3 is 12.9 Å².